The lowest BCUT2D eigenvalue weighted by molar-refractivity contribution is 0.751. The lowest BCUT2D eigenvalue weighted by atomic mass is 10.0. The van der Waals surface area contributed by atoms with Crippen molar-refractivity contribution in [3.05, 3.63) is 44.7 Å². The Morgan fingerprint density at radius 1 is 1.06 bits per heavy atom. The van der Waals surface area contributed by atoms with Gasteiger partial charge in [0, 0.05) is 23.2 Å². The molecule has 2 rings (SSSR count). The molecule has 2 heteroatoms. The highest BCUT2D eigenvalue weighted by Crippen LogP contribution is 2.19. The maximum atomic E-state index is 12.3. The summed E-state index contributed by atoms with van der Waals surface area (Å²) < 4.78 is 2.22. The quantitative estimate of drug-likeness (QED) is 0.735. The molecule has 0 saturated carbocycles. The molecule has 90 valence electrons. The van der Waals surface area contributed by atoms with E-state index < -0.39 is 0 Å². The van der Waals surface area contributed by atoms with Gasteiger partial charge in [0.05, 0.1) is 5.52 Å². The highest BCUT2D eigenvalue weighted by Gasteiger charge is 2.11. The lowest BCUT2D eigenvalue weighted by Gasteiger charge is -2.16. The van der Waals surface area contributed by atoms with Gasteiger partial charge in [0.25, 0.3) is 0 Å². The summed E-state index contributed by atoms with van der Waals surface area (Å²) in [4.78, 5) is 12.3. The van der Waals surface area contributed by atoms with Gasteiger partial charge in [0.1, 0.15) is 0 Å². The first-order valence-corrected chi connectivity index (χ1v) is 6.08. The highest BCUT2D eigenvalue weighted by molar-refractivity contribution is 5.82. The average Bonchev–Trinajstić information content (AvgIpc) is 2.30. The summed E-state index contributed by atoms with van der Waals surface area (Å²) in [6.45, 7) is 11.1. The number of pyridine rings is 1. The van der Waals surface area contributed by atoms with Crippen molar-refractivity contribution < 1.29 is 0 Å². The number of benzene rings is 1. The number of hydrogen-bond donors (Lipinski definition) is 0. The van der Waals surface area contributed by atoms with Crippen molar-refractivity contribution in [3.8, 4) is 0 Å². The zero-order chi connectivity index (χ0) is 12.7. The van der Waals surface area contributed by atoms with Gasteiger partial charge in [-0.2, -0.15) is 0 Å². The van der Waals surface area contributed by atoms with E-state index in [0.29, 0.717) is 0 Å². The topological polar surface area (TPSA) is 22.0 Å². The molecule has 0 atom stereocenters. The van der Waals surface area contributed by atoms with Crippen LogP contribution in [0, 0.1) is 27.7 Å². The van der Waals surface area contributed by atoms with Crippen LogP contribution in [-0.4, -0.2) is 4.57 Å². The van der Waals surface area contributed by atoms with Gasteiger partial charge in [0.15, 0.2) is 5.43 Å². The molecule has 0 N–H and O–H groups in total. The molecule has 0 saturated heterocycles. The fourth-order valence-corrected chi connectivity index (χ4v) is 2.36. The predicted octanol–water partition coefficient (Wildman–Crippen LogP) is 3.26. The van der Waals surface area contributed by atoms with Gasteiger partial charge in [0.2, 0.25) is 0 Å². The van der Waals surface area contributed by atoms with E-state index >= 15 is 0 Å². The monoisotopic (exact) mass is 229 g/mol. The molecular weight excluding hydrogens is 210 g/mol. The molecule has 0 radical (unpaired) electrons. The van der Waals surface area contributed by atoms with Crippen LogP contribution in [0.3, 0.4) is 0 Å². The summed E-state index contributed by atoms with van der Waals surface area (Å²) in [5.74, 6) is 0. The molecule has 2 nitrogen and oxygen atoms in total. The Balaban J connectivity index is 3.07. The van der Waals surface area contributed by atoms with Crippen LogP contribution in [0.15, 0.2) is 16.9 Å². The van der Waals surface area contributed by atoms with Gasteiger partial charge in [-0.15, -0.1) is 0 Å². The molecule has 0 fully saturated rings. The van der Waals surface area contributed by atoms with Crippen LogP contribution in [-0.2, 0) is 6.54 Å². The van der Waals surface area contributed by atoms with E-state index in [4.69, 9.17) is 0 Å². The SMILES string of the molecule is CCn1c(C)c(C)c(=O)c2cc(C)c(C)cc21. The Bertz CT molecular complexity index is 650. The van der Waals surface area contributed by atoms with Gasteiger partial charge in [-0.3, -0.25) is 4.79 Å². The molecule has 0 aliphatic carbocycles. The van der Waals surface area contributed by atoms with Crippen molar-refractivity contribution in [3.63, 3.8) is 0 Å². The third kappa shape index (κ3) is 1.68. The van der Waals surface area contributed by atoms with Crippen LogP contribution in [0.2, 0.25) is 0 Å². The van der Waals surface area contributed by atoms with Crippen LogP contribution >= 0.6 is 0 Å². The minimum absolute atomic E-state index is 0.172. The van der Waals surface area contributed by atoms with Crippen LogP contribution in [0.1, 0.15) is 29.3 Å². The number of fused-ring (bicyclic) bond motifs is 1. The predicted molar refractivity (Wildman–Crippen MR) is 72.8 cm³/mol. The van der Waals surface area contributed by atoms with E-state index in [1.807, 2.05) is 19.9 Å². The summed E-state index contributed by atoms with van der Waals surface area (Å²) in [6, 6.07) is 4.15. The van der Waals surface area contributed by atoms with E-state index in [2.05, 4.69) is 31.4 Å². The minimum atomic E-state index is 0.172. The Hall–Kier alpha value is -1.57. The largest absolute Gasteiger partial charge is 0.345 e. The first-order chi connectivity index (χ1) is 7.97. The second-order valence-corrected chi connectivity index (χ2v) is 4.74. The zero-order valence-corrected chi connectivity index (χ0v) is 11.2. The average molecular weight is 229 g/mol. The van der Waals surface area contributed by atoms with Gasteiger partial charge in [-0.25, -0.2) is 0 Å². The molecule has 2 aromatic rings. The number of hydrogen-bond acceptors (Lipinski definition) is 1. The summed E-state index contributed by atoms with van der Waals surface area (Å²) in [7, 11) is 0. The molecule has 17 heavy (non-hydrogen) atoms. The summed E-state index contributed by atoms with van der Waals surface area (Å²) in [6.07, 6.45) is 0. The van der Waals surface area contributed by atoms with Crippen molar-refractivity contribution >= 4 is 10.9 Å². The number of aryl methyl sites for hydroxylation is 3. The highest BCUT2D eigenvalue weighted by atomic mass is 16.1. The van der Waals surface area contributed by atoms with E-state index in [1.165, 1.54) is 11.1 Å². The zero-order valence-electron chi connectivity index (χ0n) is 11.2. The van der Waals surface area contributed by atoms with E-state index in [1.54, 1.807) is 0 Å². The summed E-state index contributed by atoms with van der Waals surface area (Å²) >= 11 is 0. The van der Waals surface area contributed by atoms with Gasteiger partial charge in [-0.1, -0.05) is 0 Å². The van der Waals surface area contributed by atoms with E-state index in [0.717, 1.165) is 28.7 Å². The Kier molecular flexibility index (Phi) is 2.82. The van der Waals surface area contributed by atoms with Crippen LogP contribution in [0.4, 0.5) is 0 Å². The molecule has 1 heterocycles. The molecule has 0 aliphatic heterocycles. The van der Waals surface area contributed by atoms with Crippen molar-refractivity contribution in [2.24, 2.45) is 0 Å². The van der Waals surface area contributed by atoms with Crippen LogP contribution in [0.25, 0.3) is 10.9 Å². The first kappa shape index (κ1) is 11.9. The maximum absolute atomic E-state index is 12.3. The standard InChI is InChI=1S/C15H19NO/c1-6-16-12(5)11(4)15(17)13-7-9(2)10(3)8-14(13)16/h7-8H,6H2,1-5H3. The number of aromatic nitrogens is 1. The minimum Gasteiger partial charge on any atom is -0.345 e. The van der Waals surface area contributed by atoms with Crippen molar-refractivity contribution in [2.75, 3.05) is 0 Å². The molecule has 0 bridgehead atoms. The molecule has 1 aromatic heterocycles. The second-order valence-electron chi connectivity index (χ2n) is 4.74. The molecule has 1 aromatic carbocycles. The number of nitrogens with zero attached hydrogens (tertiary/aromatic N) is 1. The lowest BCUT2D eigenvalue weighted by Crippen LogP contribution is -2.16. The van der Waals surface area contributed by atoms with Crippen molar-refractivity contribution in [1.82, 2.24) is 4.57 Å². The normalized spacial score (nSPS) is 11.1. The van der Waals surface area contributed by atoms with Gasteiger partial charge < -0.3 is 4.57 Å². The van der Waals surface area contributed by atoms with Crippen molar-refractivity contribution in [2.45, 2.75) is 41.2 Å². The molecule has 0 unspecified atom stereocenters. The third-order valence-corrected chi connectivity index (χ3v) is 3.75. The Morgan fingerprint density at radius 3 is 2.24 bits per heavy atom. The van der Waals surface area contributed by atoms with Gasteiger partial charge in [-0.05, 0) is 57.9 Å². The van der Waals surface area contributed by atoms with Crippen molar-refractivity contribution in [1.29, 1.82) is 0 Å². The van der Waals surface area contributed by atoms with Crippen LogP contribution < -0.4 is 5.43 Å². The fourth-order valence-electron chi connectivity index (χ4n) is 2.36. The smallest absolute Gasteiger partial charge is 0.192 e. The maximum Gasteiger partial charge on any atom is 0.192 e. The summed E-state index contributed by atoms with van der Waals surface area (Å²) in [5, 5.41) is 0.845. The molecular formula is C15H19NO. The van der Waals surface area contributed by atoms with E-state index in [9.17, 15) is 4.79 Å². The molecule has 0 aliphatic rings. The molecule has 0 amide bonds. The molecule has 0 spiro atoms. The fraction of sp³-hybridized carbons (Fsp3) is 0.400. The van der Waals surface area contributed by atoms with E-state index in [-0.39, 0.29) is 5.43 Å². The first-order valence-electron chi connectivity index (χ1n) is 6.08. The van der Waals surface area contributed by atoms with Gasteiger partial charge >= 0.3 is 0 Å². The Labute approximate surface area is 102 Å². The second kappa shape index (κ2) is 4.02. The Morgan fingerprint density at radius 2 is 1.65 bits per heavy atom. The van der Waals surface area contributed by atoms with Crippen LogP contribution in [0.5, 0.6) is 0 Å². The number of rotatable bonds is 1. The summed E-state index contributed by atoms with van der Waals surface area (Å²) in [5.41, 5.74) is 5.59. The third-order valence-electron chi connectivity index (χ3n) is 3.75.